The molecule has 3 aliphatic rings. The summed E-state index contributed by atoms with van der Waals surface area (Å²) >= 11 is 0. The number of carbonyl (C=O) groups is 4. The topological polar surface area (TPSA) is 178 Å². The van der Waals surface area contributed by atoms with Gasteiger partial charge in [0.1, 0.15) is 40.8 Å². The zero-order valence-electron chi connectivity index (χ0n) is 39.2. The van der Waals surface area contributed by atoms with Crippen LogP contribution in [0.5, 0.6) is 0 Å². The zero-order chi connectivity index (χ0) is 47.5. The van der Waals surface area contributed by atoms with Crippen LogP contribution in [0, 0.1) is 5.82 Å². The number of aromatic amines is 2. The third kappa shape index (κ3) is 11.1. The number of carbonyl (C=O) groups excluding carboxylic acids is 4. The number of imidazole rings is 2. The van der Waals surface area contributed by atoms with Crippen molar-refractivity contribution in [2.75, 3.05) is 31.1 Å². The first-order valence-corrected chi connectivity index (χ1v) is 23.4. The largest absolute Gasteiger partial charge is 0.444 e. The molecule has 354 valence electrons. The molecule has 4 unspecified atom stereocenters. The number of halogens is 1. The van der Waals surface area contributed by atoms with Gasteiger partial charge in [-0.15, -0.1) is 0 Å². The van der Waals surface area contributed by atoms with Gasteiger partial charge in [-0.1, -0.05) is 66.7 Å². The molecule has 0 spiro atoms. The SMILES string of the molecule is CC(C)(C)OC(=O)NC(C(=O)N1CCCC1c1ncc(-c2ccc(N3CCC(c4cnc(C5CCCN5C(=O)C(NC(=O)OC(C)(C)C)c5ccccc5)[nH]4)CC3)c(F)c2)[nH]1)c1ccccc1. The Labute approximate surface area is 391 Å². The monoisotopic (exact) mass is 915 g/mol. The first kappa shape index (κ1) is 46.8. The Balaban J connectivity index is 0.892. The van der Waals surface area contributed by atoms with Crippen molar-refractivity contribution >= 4 is 29.7 Å². The molecule has 4 atom stereocenters. The number of piperidine rings is 1. The average Bonchev–Trinajstić information content (AvgIpc) is 4.14. The fraction of sp³-hybridized carbons (Fsp3) is 0.451. The Morgan fingerprint density at radius 1 is 0.657 bits per heavy atom. The number of hydrogen-bond acceptors (Lipinski definition) is 9. The van der Waals surface area contributed by atoms with Gasteiger partial charge >= 0.3 is 12.2 Å². The van der Waals surface area contributed by atoms with Crippen molar-refractivity contribution in [3.8, 4) is 11.3 Å². The molecule has 3 aliphatic heterocycles. The molecular weight excluding hydrogens is 854 g/mol. The van der Waals surface area contributed by atoms with Gasteiger partial charge in [0.25, 0.3) is 11.8 Å². The normalized spacial score (nSPS) is 18.9. The van der Waals surface area contributed by atoms with Crippen LogP contribution in [0.15, 0.2) is 91.3 Å². The van der Waals surface area contributed by atoms with Gasteiger partial charge in [-0.25, -0.2) is 23.9 Å². The maximum absolute atomic E-state index is 16.0. The molecule has 16 heteroatoms. The van der Waals surface area contributed by atoms with Gasteiger partial charge in [-0.3, -0.25) is 9.59 Å². The van der Waals surface area contributed by atoms with Gasteiger partial charge in [0.05, 0.1) is 29.7 Å². The lowest BCUT2D eigenvalue weighted by Gasteiger charge is -2.33. The molecule has 4 N–H and O–H groups in total. The highest BCUT2D eigenvalue weighted by Crippen LogP contribution is 2.38. The van der Waals surface area contributed by atoms with Gasteiger partial charge < -0.3 is 44.8 Å². The minimum absolute atomic E-state index is 0.179. The Bertz CT molecular complexity index is 2530. The van der Waals surface area contributed by atoms with Crippen molar-refractivity contribution in [3.63, 3.8) is 0 Å². The number of hydrogen-bond donors (Lipinski definition) is 4. The van der Waals surface area contributed by atoms with Crippen LogP contribution < -0.4 is 15.5 Å². The van der Waals surface area contributed by atoms with Gasteiger partial charge in [-0.05, 0) is 103 Å². The second-order valence-electron chi connectivity index (χ2n) is 19.7. The van der Waals surface area contributed by atoms with Gasteiger partial charge in [0.2, 0.25) is 0 Å². The summed E-state index contributed by atoms with van der Waals surface area (Å²) in [5.74, 6) is 0.668. The smallest absolute Gasteiger partial charge is 0.408 e. The van der Waals surface area contributed by atoms with Crippen LogP contribution >= 0.6 is 0 Å². The predicted molar refractivity (Wildman–Crippen MR) is 251 cm³/mol. The summed E-state index contributed by atoms with van der Waals surface area (Å²) in [6.07, 6.45) is 6.74. The lowest BCUT2D eigenvalue weighted by atomic mass is 9.93. The van der Waals surface area contributed by atoms with Crippen molar-refractivity contribution in [2.45, 2.75) is 121 Å². The number of rotatable bonds is 11. The number of benzene rings is 3. The van der Waals surface area contributed by atoms with E-state index in [9.17, 15) is 19.2 Å². The zero-order valence-corrected chi connectivity index (χ0v) is 39.2. The Morgan fingerprint density at radius 3 is 1.64 bits per heavy atom. The second kappa shape index (κ2) is 19.6. The van der Waals surface area contributed by atoms with Gasteiger partial charge in [0, 0.05) is 49.6 Å². The van der Waals surface area contributed by atoms with E-state index in [-0.39, 0.29) is 35.6 Å². The van der Waals surface area contributed by atoms with Crippen molar-refractivity contribution in [1.82, 2.24) is 40.4 Å². The first-order chi connectivity index (χ1) is 32.0. The summed E-state index contributed by atoms with van der Waals surface area (Å²) in [7, 11) is 0. The molecule has 5 aromatic rings. The van der Waals surface area contributed by atoms with Crippen LogP contribution in [0.25, 0.3) is 11.3 Å². The van der Waals surface area contributed by atoms with E-state index < -0.39 is 35.5 Å². The fourth-order valence-electron chi connectivity index (χ4n) is 9.42. The highest BCUT2D eigenvalue weighted by atomic mass is 19.1. The van der Waals surface area contributed by atoms with Crippen LogP contribution in [0.3, 0.4) is 0 Å². The van der Waals surface area contributed by atoms with E-state index in [2.05, 4.69) is 30.5 Å². The third-order valence-corrected chi connectivity index (χ3v) is 12.5. The maximum Gasteiger partial charge on any atom is 0.408 e. The molecule has 0 bridgehead atoms. The number of H-pyrrole nitrogens is 2. The van der Waals surface area contributed by atoms with Crippen molar-refractivity contribution in [1.29, 1.82) is 0 Å². The molecule has 0 saturated carbocycles. The molecule has 5 heterocycles. The Kier molecular flexibility index (Phi) is 13.7. The predicted octanol–water partition coefficient (Wildman–Crippen LogP) is 9.18. The van der Waals surface area contributed by atoms with Crippen LogP contribution in [-0.2, 0) is 19.1 Å². The van der Waals surface area contributed by atoms with Gasteiger partial charge in [0.15, 0.2) is 0 Å². The third-order valence-electron chi connectivity index (χ3n) is 12.5. The van der Waals surface area contributed by atoms with Crippen molar-refractivity contribution in [2.24, 2.45) is 0 Å². The molecule has 4 amide bonds. The summed E-state index contributed by atoms with van der Waals surface area (Å²) < 4.78 is 27.0. The molecule has 8 rings (SSSR count). The number of anilines is 1. The standard InChI is InChI=1S/C51H62FN9O6/c1-50(2,3)66-48(64)57-42(33-15-9-7-10-16-33)46(62)60-25-13-19-40(60)44-53-30-37(55-44)32-23-27-59(28-24-32)39-22-21-35(29-36(39)52)38-31-54-45(56-38)41-20-14-26-61(41)47(63)43(34-17-11-8-12-18-34)58-49(65)67-51(4,5)6/h7-12,15-18,21-22,29-32,40-43H,13-14,19-20,23-28H2,1-6H3,(H,53,55)(H,54,56)(H,57,64)(H,58,65). The summed E-state index contributed by atoms with van der Waals surface area (Å²) in [6, 6.07) is 21.0. The average molecular weight is 916 g/mol. The minimum Gasteiger partial charge on any atom is -0.444 e. The number of aromatic nitrogens is 4. The Hall–Kier alpha value is -6.71. The van der Waals surface area contributed by atoms with Gasteiger partial charge in [-0.2, -0.15) is 0 Å². The van der Waals surface area contributed by atoms with E-state index in [0.29, 0.717) is 66.5 Å². The molecule has 0 aliphatic carbocycles. The summed E-state index contributed by atoms with van der Waals surface area (Å²) in [4.78, 5) is 76.1. The molecule has 67 heavy (non-hydrogen) atoms. The summed E-state index contributed by atoms with van der Waals surface area (Å²) in [6.45, 7) is 13.0. The van der Waals surface area contributed by atoms with E-state index in [1.807, 2.05) is 66.9 Å². The number of nitrogens with zero attached hydrogens (tertiary/aromatic N) is 5. The summed E-state index contributed by atoms with van der Waals surface area (Å²) in [5.41, 5.74) is 2.65. The number of ether oxygens (including phenoxy) is 2. The number of amides is 4. The van der Waals surface area contributed by atoms with E-state index >= 15 is 4.39 Å². The molecule has 3 saturated heterocycles. The second-order valence-corrected chi connectivity index (χ2v) is 19.7. The van der Waals surface area contributed by atoms with Crippen LogP contribution in [-0.4, -0.2) is 91.1 Å². The van der Waals surface area contributed by atoms with E-state index in [1.165, 1.54) is 6.07 Å². The van der Waals surface area contributed by atoms with E-state index in [0.717, 1.165) is 43.6 Å². The molecule has 2 aromatic heterocycles. The van der Waals surface area contributed by atoms with Crippen LogP contribution in [0.1, 0.15) is 139 Å². The van der Waals surface area contributed by atoms with E-state index in [4.69, 9.17) is 14.5 Å². The molecular formula is C51H62FN9O6. The summed E-state index contributed by atoms with van der Waals surface area (Å²) in [5, 5.41) is 5.61. The van der Waals surface area contributed by atoms with Crippen molar-refractivity contribution < 1.29 is 33.0 Å². The number of alkyl carbamates (subject to hydrolysis) is 2. The van der Waals surface area contributed by atoms with Crippen LogP contribution in [0.2, 0.25) is 0 Å². The lowest BCUT2D eigenvalue weighted by molar-refractivity contribution is -0.135. The Morgan fingerprint density at radius 2 is 1.15 bits per heavy atom. The minimum atomic E-state index is -0.953. The number of likely N-dealkylation sites (tertiary alicyclic amines) is 2. The first-order valence-electron chi connectivity index (χ1n) is 23.4. The highest BCUT2D eigenvalue weighted by Gasteiger charge is 2.39. The lowest BCUT2D eigenvalue weighted by Crippen LogP contribution is -2.44. The number of nitrogens with one attached hydrogen (secondary N) is 4. The molecule has 0 radical (unpaired) electrons. The highest BCUT2D eigenvalue weighted by molar-refractivity contribution is 5.88. The maximum atomic E-state index is 16.0. The van der Waals surface area contributed by atoms with E-state index in [1.54, 1.807) is 69.7 Å². The van der Waals surface area contributed by atoms with Crippen LogP contribution in [0.4, 0.5) is 19.7 Å². The molecule has 3 fully saturated rings. The quantitative estimate of drug-likeness (QED) is 0.101. The van der Waals surface area contributed by atoms with Crippen molar-refractivity contribution in [3.05, 3.63) is 126 Å². The fourth-order valence-corrected chi connectivity index (χ4v) is 9.42. The molecule has 15 nitrogen and oxygen atoms in total. The molecule has 3 aromatic carbocycles.